The molecule has 0 saturated carbocycles. The largest absolute Gasteiger partial charge is 0.483 e. The summed E-state index contributed by atoms with van der Waals surface area (Å²) in [6.07, 6.45) is 3.49. The zero-order chi connectivity index (χ0) is 10.5. The molecule has 0 radical (unpaired) electrons. The normalized spacial score (nSPS) is 15.8. The molecule has 0 bridgehead atoms. The Bertz CT molecular complexity index is 324. The molecule has 0 N–H and O–H groups in total. The minimum absolute atomic E-state index is 0. The Hall–Kier alpha value is -0.580. The molecule has 1 aromatic heterocycles. The number of hydrogen-bond acceptors (Lipinski definition) is 4. The molecular weight excluding hydrogens is 246 g/mol. The highest BCUT2D eigenvalue weighted by atomic mass is 35.5. The van der Waals surface area contributed by atoms with E-state index >= 15 is 0 Å². The Morgan fingerprint density at radius 2 is 2.12 bits per heavy atom. The van der Waals surface area contributed by atoms with Crippen molar-refractivity contribution >= 4 is 30.0 Å². The van der Waals surface area contributed by atoms with Crippen LogP contribution < -0.4 is 4.74 Å². The zero-order valence-corrected chi connectivity index (χ0v) is 10.7. The van der Waals surface area contributed by atoms with Crippen LogP contribution in [0.25, 0.3) is 0 Å². The fourth-order valence-electron chi connectivity index (χ4n) is 1.76. The summed E-state index contributed by atoms with van der Waals surface area (Å²) >= 11 is 1.41. The van der Waals surface area contributed by atoms with Gasteiger partial charge in [-0.15, -0.1) is 12.4 Å². The molecule has 1 fully saturated rings. The van der Waals surface area contributed by atoms with Crippen molar-refractivity contribution in [3.8, 4) is 5.06 Å². The Morgan fingerprint density at radius 1 is 1.38 bits per heavy atom. The topological polar surface area (TPSA) is 29.5 Å². The van der Waals surface area contributed by atoms with Crippen LogP contribution in [0.1, 0.15) is 22.5 Å². The highest BCUT2D eigenvalue weighted by molar-refractivity contribution is 7.15. The van der Waals surface area contributed by atoms with Crippen LogP contribution in [0.3, 0.4) is 0 Å². The summed E-state index contributed by atoms with van der Waals surface area (Å²) in [5, 5.41) is 0.844. The molecule has 1 saturated heterocycles. The molecule has 0 amide bonds. The van der Waals surface area contributed by atoms with E-state index in [-0.39, 0.29) is 12.4 Å². The summed E-state index contributed by atoms with van der Waals surface area (Å²) in [5.41, 5.74) is 0. The Kier molecular flexibility index (Phi) is 5.80. The van der Waals surface area contributed by atoms with E-state index < -0.39 is 0 Å². The van der Waals surface area contributed by atoms with E-state index in [4.69, 9.17) is 4.74 Å². The number of thiophene rings is 1. The summed E-state index contributed by atoms with van der Waals surface area (Å²) < 4.78 is 5.57. The van der Waals surface area contributed by atoms with Gasteiger partial charge in [-0.25, -0.2) is 0 Å². The molecular formula is C11H16ClNO2S. The third-order valence-corrected chi connectivity index (χ3v) is 3.49. The van der Waals surface area contributed by atoms with Gasteiger partial charge in [0.25, 0.3) is 0 Å². The SMILES string of the molecule is Cl.O=Cc1ccc(OCCN2CCCC2)s1. The monoisotopic (exact) mass is 261 g/mol. The fraction of sp³-hybridized carbons (Fsp3) is 0.545. The molecule has 0 atom stereocenters. The molecule has 0 spiro atoms. The number of ether oxygens (including phenoxy) is 1. The second-order valence-electron chi connectivity index (χ2n) is 3.67. The average Bonchev–Trinajstić information content (AvgIpc) is 2.88. The van der Waals surface area contributed by atoms with Crippen LogP contribution in [0, 0.1) is 0 Å². The summed E-state index contributed by atoms with van der Waals surface area (Å²) in [6, 6.07) is 3.65. The molecule has 16 heavy (non-hydrogen) atoms. The van der Waals surface area contributed by atoms with E-state index in [0.717, 1.165) is 29.4 Å². The predicted molar refractivity (Wildman–Crippen MR) is 68.1 cm³/mol. The number of likely N-dealkylation sites (tertiary alicyclic amines) is 1. The fourth-order valence-corrected chi connectivity index (χ4v) is 2.45. The highest BCUT2D eigenvalue weighted by Crippen LogP contribution is 2.22. The lowest BCUT2D eigenvalue weighted by Crippen LogP contribution is -2.24. The van der Waals surface area contributed by atoms with E-state index in [2.05, 4.69) is 4.90 Å². The van der Waals surface area contributed by atoms with Crippen LogP contribution in [0.15, 0.2) is 12.1 Å². The molecule has 2 heterocycles. The number of nitrogens with zero attached hydrogens (tertiary/aromatic N) is 1. The first-order valence-electron chi connectivity index (χ1n) is 5.28. The molecule has 5 heteroatoms. The standard InChI is InChI=1S/C11H15NO2S.ClH/c13-9-10-3-4-11(15-10)14-8-7-12-5-1-2-6-12;/h3-4,9H,1-2,5-8H2;1H. The van der Waals surface area contributed by atoms with Crippen molar-refractivity contribution in [3.05, 3.63) is 17.0 Å². The molecule has 3 nitrogen and oxygen atoms in total. The Labute approximate surface area is 106 Å². The minimum atomic E-state index is 0. The van der Waals surface area contributed by atoms with Gasteiger partial charge < -0.3 is 4.74 Å². The maximum atomic E-state index is 10.4. The van der Waals surface area contributed by atoms with Crippen LogP contribution in [0.5, 0.6) is 5.06 Å². The number of carbonyl (C=O) groups excluding carboxylic acids is 1. The van der Waals surface area contributed by atoms with Crippen molar-refractivity contribution in [2.75, 3.05) is 26.2 Å². The van der Waals surface area contributed by atoms with Crippen molar-refractivity contribution < 1.29 is 9.53 Å². The summed E-state index contributed by atoms with van der Waals surface area (Å²) in [7, 11) is 0. The molecule has 2 rings (SSSR count). The van der Waals surface area contributed by atoms with Gasteiger partial charge in [-0.2, -0.15) is 0 Å². The molecule has 1 aromatic rings. The van der Waals surface area contributed by atoms with Gasteiger partial charge in [0.15, 0.2) is 11.3 Å². The highest BCUT2D eigenvalue weighted by Gasteiger charge is 2.10. The van der Waals surface area contributed by atoms with Gasteiger partial charge in [0.2, 0.25) is 0 Å². The first kappa shape index (κ1) is 13.5. The quantitative estimate of drug-likeness (QED) is 0.763. The number of aldehydes is 1. The first-order chi connectivity index (χ1) is 7.38. The molecule has 1 aliphatic rings. The van der Waals surface area contributed by atoms with Crippen LogP contribution in [0.2, 0.25) is 0 Å². The smallest absolute Gasteiger partial charge is 0.174 e. The van der Waals surface area contributed by atoms with E-state index in [9.17, 15) is 4.79 Å². The van der Waals surface area contributed by atoms with E-state index in [1.54, 1.807) is 6.07 Å². The second-order valence-corrected chi connectivity index (χ2v) is 4.75. The van der Waals surface area contributed by atoms with Crippen molar-refractivity contribution in [3.63, 3.8) is 0 Å². The molecule has 0 unspecified atom stereocenters. The van der Waals surface area contributed by atoms with Crippen LogP contribution in [-0.4, -0.2) is 37.4 Å². The van der Waals surface area contributed by atoms with Crippen molar-refractivity contribution in [1.82, 2.24) is 4.90 Å². The maximum absolute atomic E-state index is 10.4. The van der Waals surface area contributed by atoms with Crippen molar-refractivity contribution in [1.29, 1.82) is 0 Å². The maximum Gasteiger partial charge on any atom is 0.174 e. The Balaban J connectivity index is 0.00000128. The van der Waals surface area contributed by atoms with E-state index in [1.165, 1.54) is 37.3 Å². The third kappa shape index (κ3) is 3.77. The van der Waals surface area contributed by atoms with Crippen LogP contribution in [-0.2, 0) is 0 Å². The van der Waals surface area contributed by atoms with Gasteiger partial charge in [-0.3, -0.25) is 9.69 Å². The first-order valence-corrected chi connectivity index (χ1v) is 6.10. The number of carbonyl (C=O) groups is 1. The molecule has 0 aromatic carbocycles. The van der Waals surface area contributed by atoms with Crippen LogP contribution in [0.4, 0.5) is 0 Å². The molecule has 90 valence electrons. The Morgan fingerprint density at radius 3 is 2.75 bits per heavy atom. The van der Waals surface area contributed by atoms with Gasteiger partial charge in [-0.1, -0.05) is 11.3 Å². The summed E-state index contributed by atoms with van der Waals surface area (Å²) in [6.45, 7) is 4.12. The zero-order valence-electron chi connectivity index (χ0n) is 9.05. The van der Waals surface area contributed by atoms with Crippen LogP contribution >= 0.6 is 23.7 Å². The third-order valence-electron chi connectivity index (χ3n) is 2.57. The number of halogens is 1. The van der Waals surface area contributed by atoms with Gasteiger partial charge in [0, 0.05) is 6.54 Å². The predicted octanol–water partition coefficient (Wildman–Crippen LogP) is 2.46. The molecule has 0 aliphatic carbocycles. The lowest BCUT2D eigenvalue weighted by atomic mass is 10.4. The molecule has 1 aliphatic heterocycles. The average molecular weight is 262 g/mol. The summed E-state index contributed by atoms with van der Waals surface area (Å²) in [4.78, 5) is 13.6. The van der Waals surface area contributed by atoms with Crippen molar-refractivity contribution in [2.45, 2.75) is 12.8 Å². The summed E-state index contributed by atoms with van der Waals surface area (Å²) in [5.74, 6) is 0. The van der Waals surface area contributed by atoms with Gasteiger partial charge in [0.05, 0.1) is 4.88 Å². The van der Waals surface area contributed by atoms with E-state index in [0.29, 0.717) is 0 Å². The lowest BCUT2D eigenvalue weighted by Gasteiger charge is -2.13. The van der Waals surface area contributed by atoms with Gasteiger partial charge >= 0.3 is 0 Å². The minimum Gasteiger partial charge on any atom is -0.483 e. The van der Waals surface area contributed by atoms with Gasteiger partial charge in [0.1, 0.15) is 6.61 Å². The van der Waals surface area contributed by atoms with E-state index in [1.807, 2.05) is 6.07 Å². The number of rotatable bonds is 5. The number of hydrogen-bond donors (Lipinski definition) is 0. The van der Waals surface area contributed by atoms with Gasteiger partial charge in [-0.05, 0) is 38.1 Å². The lowest BCUT2D eigenvalue weighted by molar-refractivity contribution is 0.112. The van der Waals surface area contributed by atoms with Crippen molar-refractivity contribution in [2.24, 2.45) is 0 Å². The second kappa shape index (κ2) is 6.89.